The van der Waals surface area contributed by atoms with Crippen LogP contribution >= 0.6 is 0 Å². The van der Waals surface area contributed by atoms with Gasteiger partial charge in [-0.2, -0.15) is 26.3 Å². The number of alkyl halides is 6. The number of sulfonamides is 1. The molecule has 1 saturated carbocycles. The Morgan fingerprint density at radius 2 is 1.52 bits per heavy atom. The Morgan fingerprint density at radius 1 is 0.935 bits per heavy atom. The molecule has 31 heavy (non-hydrogen) atoms. The standard InChI is InChI=1S/C19H16F6N2O3S/c20-18(21,22)13-7-14(19(23,24)25)9-16(8-13)31(29,30)26-10-11-2-1-3-15(6-11)27-17(28)12-4-5-12/h1-3,6-9,12,26H,4-5,10H2,(H,27,28). The van der Waals surface area contributed by atoms with Crippen LogP contribution in [0.5, 0.6) is 0 Å². The fourth-order valence-electron chi connectivity index (χ4n) is 2.69. The van der Waals surface area contributed by atoms with E-state index in [2.05, 4.69) is 5.32 Å². The lowest BCUT2D eigenvalue weighted by molar-refractivity contribution is -0.143. The summed E-state index contributed by atoms with van der Waals surface area (Å²) in [5.41, 5.74) is -2.72. The quantitative estimate of drug-likeness (QED) is 0.614. The van der Waals surface area contributed by atoms with Gasteiger partial charge < -0.3 is 5.32 Å². The van der Waals surface area contributed by atoms with E-state index in [0.29, 0.717) is 11.3 Å². The van der Waals surface area contributed by atoms with Crippen molar-refractivity contribution in [2.75, 3.05) is 5.32 Å². The Hall–Kier alpha value is -2.60. The summed E-state index contributed by atoms with van der Waals surface area (Å²) in [5.74, 6) is -0.243. The van der Waals surface area contributed by atoms with Gasteiger partial charge in [-0.15, -0.1) is 0 Å². The van der Waals surface area contributed by atoms with Crippen LogP contribution in [0.2, 0.25) is 0 Å². The van der Waals surface area contributed by atoms with Crippen molar-refractivity contribution in [3.63, 3.8) is 0 Å². The Kier molecular flexibility index (Phi) is 6.07. The third kappa shape index (κ3) is 5.97. The molecule has 2 aromatic rings. The Bertz CT molecular complexity index is 1060. The normalized spacial score (nSPS) is 15.0. The maximum absolute atomic E-state index is 13.0. The van der Waals surface area contributed by atoms with E-state index in [4.69, 9.17) is 0 Å². The molecule has 1 amide bonds. The molecule has 0 atom stereocenters. The summed E-state index contributed by atoms with van der Waals surface area (Å²) >= 11 is 0. The summed E-state index contributed by atoms with van der Waals surface area (Å²) < 4.78 is 105. The smallest absolute Gasteiger partial charge is 0.326 e. The van der Waals surface area contributed by atoms with Crippen LogP contribution in [0.1, 0.15) is 29.5 Å². The van der Waals surface area contributed by atoms with Gasteiger partial charge in [-0.05, 0) is 48.7 Å². The van der Waals surface area contributed by atoms with Crippen LogP contribution in [0.15, 0.2) is 47.4 Å². The third-order valence-corrected chi connectivity index (χ3v) is 5.86. The van der Waals surface area contributed by atoms with Crippen LogP contribution in [0.3, 0.4) is 0 Å². The van der Waals surface area contributed by atoms with E-state index in [1.807, 2.05) is 4.72 Å². The van der Waals surface area contributed by atoms with E-state index in [1.54, 1.807) is 6.07 Å². The fraction of sp³-hybridized carbons (Fsp3) is 0.316. The van der Waals surface area contributed by atoms with Crippen molar-refractivity contribution in [1.29, 1.82) is 0 Å². The molecule has 168 valence electrons. The highest BCUT2D eigenvalue weighted by atomic mass is 32.2. The SMILES string of the molecule is O=C(Nc1cccc(CNS(=O)(=O)c2cc(C(F)(F)F)cc(C(F)(F)F)c2)c1)C1CC1. The lowest BCUT2D eigenvalue weighted by atomic mass is 10.1. The number of hydrogen-bond donors (Lipinski definition) is 2. The van der Waals surface area contributed by atoms with Gasteiger partial charge in [0.25, 0.3) is 0 Å². The summed E-state index contributed by atoms with van der Waals surface area (Å²) in [6.45, 7) is -0.410. The monoisotopic (exact) mass is 466 g/mol. The second-order valence-electron chi connectivity index (χ2n) is 7.03. The molecule has 0 spiro atoms. The summed E-state index contributed by atoms with van der Waals surface area (Å²) in [4.78, 5) is 10.6. The molecule has 0 heterocycles. The second-order valence-corrected chi connectivity index (χ2v) is 8.80. The topological polar surface area (TPSA) is 75.3 Å². The predicted octanol–water partition coefficient (Wildman–Crippen LogP) is 4.55. The first-order valence-corrected chi connectivity index (χ1v) is 10.4. The largest absolute Gasteiger partial charge is 0.416 e. The highest BCUT2D eigenvalue weighted by molar-refractivity contribution is 7.89. The predicted molar refractivity (Wildman–Crippen MR) is 98.3 cm³/mol. The van der Waals surface area contributed by atoms with Crippen LogP contribution < -0.4 is 10.0 Å². The van der Waals surface area contributed by atoms with Gasteiger partial charge in [0, 0.05) is 18.2 Å². The zero-order valence-corrected chi connectivity index (χ0v) is 16.5. The molecule has 2 N–H and O–H groups in total. The average molecular weight is 466 g/mol. The van der Waals surface area contributed by atoms with Crippen molar-refractivity contribution >= 4 is 21.6 Å². The lowest BCUT2D eigenvalue weighted by Gasteiger charge is -2.15. The van der Waals surface area contributed by atoms with Gasteiger partial charge in [0.15, 0.2) is 0 Å². The average Bonchev–Trinajstić information content (AvgIpc) is 3.50. The van der Waals surface area contributed by atoms with Crippen LogP contribution in [0.4, 0.5) is 32.0 Å². The van der Waals surface area contributed by atoms with Gasteiger partial charge in [0.1, 0.15) is 0 Å². The number of hydrogen-bond acceptors (Lipinski definition) is 3. The minimum atomic E-state index is -5.17. The van der Waals surface area contributed by atoms with Crippen molar-refractivity contribution in [3.8, 4) is 0 Å². The number of amides is 1. The van der Waals surface area contributed by atoms with Crippen molar-refractivity contribution in [3.05, 3.63) is 59.2 Å². The highest BCUT2D eigenvalue weighted by Gasteiger charge is 2.38. The van der Waals surface area contributed by atoms with Gasteiger partial charge in [0.2, 0.25) is 15.9 Å². The molecule has 2 aromatic carbocycles. The molecule has 12 heteroatoms. The van der Waals surface area contributed by atoms with E-state index in [0.717, 1.165) is 12.8 Å². The molecular formula is C19H16F6N2O3S. The van der Waals surface area contributed by atoms with E-state index in [-0.39, 0.29) is 30.0 Å². The second kappa shape index (κ2) is 8.15. The Balaban J connectivity index is 1.81. The summed E-state index contributed by atoms with van der Waals surface area (Å²) in [6.07, 6.45) is -8.77. The van der Waals surface area contributed by atoms with Crippen LogP contribution in [0.25, 0.3) is 0 Å². The summed E-state index contributed by atoms with van der Waals surface area (Å²) in [7, 11) is -4.70. The molecule has 1 fully saturated rings. The number of benzene rings is 2. The highest BCUT2D eigenvalue weighted by Crippen LogP contribution is 2.37. The van der Waals surface area contributed by atoms with E-state index in [9.17, 15) is 39.6 Å². The van der Waals surface area contributed by atoms with Crippen LogP contribution in [-0.2, 0) is 33.7 Å². The molecule has 1 aliphatic carbocycles. The molecule has 1 aliphatic rings. The van der Waals surface area contributed by atoms with Crippen LogP contribution in [-0.4, -0.2) is 14.3 Å². The number of anilines is 1. The fourth-order valence-corrected chi connectivity index (χ4v) is 3.78. The Labute approximate surface area is 173 Å². The number of carbonyl (C=O) groups excluding carboxylic acids is 1. The summed E-state index contributed by atoms with van der Waals surface area (Å²) in [5, 5.41) is 2.66. The molecule has 0 radical (unpaired) electrons. The number of carbonyl (C=O) groups is 1. The number of halogens is 6. The van der Waals surface area contributed by atoms with Crippen LogP contribution in [0, 0.1) is 5.92 Å². The number of rotatable bonds is 6. The molecule has 0 saturated heterocycles. The number of nitrogens with one attached hydrogen (secondary N) is 2. The zero-order valence-electron chi connectivity index (χ0n) is 15.6. The maximum Gasteiger partial charge on any atom is 0.416 e. The Morgan fingerprint density at radius 3 is 2.03 bits per heavy atom. The maximum atomic E-state index is 13.0. The molecule has 0 aromatic heterocycles. The molecule has 3 rings (SSSR count). The first kappa shape index (κ1) is 23.1. The lowest BCUT2D eigenvalue weighted by Crippen LogP contribution is -2.24. The first-order chi connectivity index (χ1) is 14.3. The molecule has 5 nitrogen and oxygen atoms in total. The van der Waals surface area contributed by atoms with Gasteiger partial charge in [-0.3, -0.25) is 4.79 Å². The summed E-state index contributed by atoms with van der Waals surface area (Å²) in [6, 6.07) is 6.18. The van der Waals surface area contributed by atoms with E-state index >= 15 is 0 Å². The van der Waals surface area contributed by atoms with Gasteiger partial charge in [-0.1, -0.05) is 12.1 Å². The van der Waals surface area contributed by atoms with Crippen molar-refractivity contribution in [2.45, 2.75) is 36.6 Å². The van der Waals surface area contributed by atoms with E-state index in [1.165, 1.54) is 18.2 Å². The van der Waals surface area contributed by atoms with Gasteiger partial charge in [0.05, 0.1) is 16.0 Å². The first-order valence-electron chi connectivity index (χ1n) is 8.95. The molecule has 0 unspecified atom stereocenters. The van der Waals surface area contributed by atoms with Gasteiger partial charge >= 0.3 is 12.4 Å². The van der Waals surface area contributed by atoms with Crippen molar-refractivity contribution < 1.29 is 39.6 Å². The zero-order chi connectivity index (χ0) is 23.0. The minimum Gasteiger partial charge on any atom is -0.326 e. The van der Waals surface area contributed by atoms with Crippen molar-refractivity contribution in [1.82, 2.24) is 4.72 Å². The minimum absolute atomic E-state index is 0.0640. The molecular weight excluding hydrogens is 450 g/mol. The van der Waals surface area contributed by atoms with E-state index < -0.39 is 44.9 Å². The third-order valence-electron chi connectivity index (χ3n) is 4.48. The molecule has 0 bridgehead atoms. The van der Waals surface area contributed by atoms with Gasteiger partial charge in [-0.25, -0.2) is 13.1 Å². The van der Waals surface area contributed by atoms with Crippen molar-refractivity contribution in [2.24, 2.45) is 5.92 Å². The molecule has 0 aliphatic heterocycles.